The van der Waals surface area contributed by atoms with Crippen molar-refractivity contribution in [3.8, 4) is 5.75 Å². The Morgan fingerprint density at radius 2 is 1.78 bits per heavy atom. The molecule has 2 aromatic rings. The molecule has 0 aliphatic carbocycles. The highest BCUT2D eigenvalue weighted by Gasteiger charge is 2.08. The van der Waals surface area contributed by atoms with Crippen LogP contribution in [0.15, 0.2) is 36.4 Å². The summed E-state index contributed by atoms with van der Waals surface area (Å²) in [6.45, 7) is 0. The Kier molecular flexibility index (Phi) is 3.82. The summed E-state index contributed by atoms with van der Waals surface area (Å²) in [6.07, 6.45) is 1.07. The van der Waals surface area contributed by atoms with Crippen LogP contribution in [0.2, 0.25) is 0 Å². The average Bonchev–Trinajstić information content (AvgIpc) is 2.44. The molecule has 0 heterocycles. The van der Waals surface area contributed by atoms with Gasteiger partial charge in [-0.05, 0) is 23.4 Å². The first-order valence-corrected chi connectivity index (χ1v) is 5.87. The van der Waals surface area contributed by atoms with Gasteiger partial charge in [0.05, 0.1) is 14.2 Å². The van der Waals surface area contributed by atoms with Crippen LogP contribution >= 0.6 is 0 Å². The standard InChI is InChI=1S/C15H16O3/c1-17-14-9-7-11(8-10-15(16)18-2)12-5-3-4-6-13(12)14/h3-7,9H,8,10H2,1-2H3. The van der Waals surface area contributed by atoms with Crippen LogP contribution in [0.4, 0.5) is 0 Å². The van der Waals surface area contributed by atoms with E-state index in [0.717, 1.165) is 22.1 Å². The number of hydrogen-bond acceptors (Lipinski definition) is 3. The minimum atomic E-state index is -0.185. The third-order valence-electron chi connectivity index (χ3n) is 3.02. The van der Waals surface area contributed by atoms with Gasteiger partial charge in [-0.1, -0.05) is 30.3 Å². The maximum Gasteiger partial charge on any atom is 0.305 e. The summed E-state index contributed by atoms with van der Waals surface area (Å²) < 4.78 is 10.0. The first-order valence-electron chi connectivity index (χ1n) is 5.87. The molecule has 0 bridgehead atoms. The molecule has 94 valence electrons. The van der Waals surface area contributed by atoms with Crippen LogP contribution in [0.3, 0.4) is 0 Å². The second kappa shape index (κ2) is 5.54. The molecule has 0 saturated carbocycles. The molecule has 2 rings (SSSR count). The van der Waals surface area contributed by atoms with Gasteiger partial charge >= 0.3 is 5.97 Å². The first kappa shape index (κ1) is 12.4. The quantitative estimate of drug-likeness (QED) is 0.776. The molecule has 0 unspecified atom stereocenters. The summed E-state index contributed by atoms with van der Waals surface area (Å²) in [5.41, 5.74) is 1.14. The molecule has 0 aliphatic heterocycles. The zero-order valence-corrected chi connectivity index (χ0v) is 10.6. The maximum absolute atomic E-state index is 11.2. The summed E-state index contributed by atoms with van der Waals surface area (Å²) in [6, 6.07) is 12.0. The van der Waals surface area contributed by atoms with Crippen LogP contribution in [0.25, 0.3) is 10.8 Å². The number of carbonyl (C=O) groups excluding carboxylic acids is 1. The fourth-order valence-electron chi connectivity index (χ4n) is 2.07. The van der Waals surface area contributed by atoms with Crippen molar-refractivity contribution < 1.29 is 14.3 Å². The Labute approximate surface area is 106 Å². The number of hydrogen-bond donors (Lipinski definition) is 0. The van der Waals surface area contributed by atoms with Crippen LogP contribution in [-0.2, 0) is 16.0 Å². The summed E-state index contributed by atoms with van der Waals surface area (Å²) >= 11 is 0. The van der Waals surface area contributed by atoms with Gasteiger partial charge in [-0.3, -0.25) is 4.79 Å². The number of ether oxygens (including phenoxy) is 2. The van der Waals surface area contributed by atoms with Crippen molar-refractivity contribution in [3.05, 3.63) is 42.0 Å². The molecule has 0 fully saturated rings. The van der Waals surface area contributed by atoms with E-state index in [1.54, 1.807) is 7.11 Å². The molecule has 0 radical (unpaired) electrons. The van der Waals surface area contributed by atoms with Gasteiger partial charge in [-0.25, -0.2) is 0 Å². The maximum atomic E-state index is 11.2. The van der Waals surface area contributed by atoms with Gasteiger partial charge in [0.2, 0.25) is 0 Å². The summed E-state index contributed by atoms with van der Waals surface area (Å²) in [5.74, 6) is 0.669. The molecule has 0 amide bonds. The van der Waals surface area contributed by atoms with Gasteiger partial charge in [-0.2, -0.15) is 0 Å². The van der Waals surface area contributed by atoms with E-state index in [-0.39, 0.29) is 5.97 Å². The average molecular weight is 244 g/mol. The van der Waals surface area contributed by atoms with Gasteiger partial charge in [0.15, 0.2) is 0 Å². The zero-order chi connectivity index (χ0) is 13.0. The number of esters is 1. The summed E-state index contributed by atoms with van der Waals surface area (Å²) in [7, 11) is 3.07. The highest BCUT2D eigenvalue weighted by atomic mass is 16.5. The number of methoxy groups -OCH3 is 2. The lowest BCUT2D eigenvalue weighted by atomic mass is 10.0. The predicted molar refractivity (Wildman–Crippen MR) is 70.8 cm³/mol. The zero-order valence-electron chi connectivity index (χ0n) is 10.6. The van der Waals surface area contributed by atoms with Gasteiger partial charge in [0.25, 0.3) is 0 Å². The Bertz CT molecular complexity index is 561. The topological polar surface area (TPSA) is 35.5 Å². The minimum absolute atomic E-state index is 0.185. The molecule has 0 spiro atoms. The van der Waals surface area contributed by atoms with E-state index in [1.165, 1.54) is 7.11 Å². The molecule has 0 aromatic heterocycles. The van der Waals surface area contributed by atoms with Crippen molar-refractivity contribution in [1.82, 2.24) is 0 Å². The highest BCUT2D eigenvalue weighted by molar-refractivity contribution is 5.91. The summed E-state index contributed by atoms with van der Waals surface area (Å²) in [5, 5.41) is 2.20. The minimum Gasteiger partial charge on any atom is -0.496 e. The molecule has 3 nitrogen and oxygen atoms in total. The van der Waals surface area contributed by atoms with Crippen molar-refractivity contribution in [3.63, 3.8) is 0 Å². The second-order valence-corrected chi connectivity index (χ2v) is 4.05. The lowest BCUT2D eigenvalue weighted by Gasteiger charge is -2.10. The van der Waals surface area contributed by atoms with E-state index >= 15 is 0 Å². The highest BCUT2D eigenvalue weighted by Crippen LogP contribution is 2.28. The Hall–Kier alpha value is -2.03. The van der Waals surface area contributed by atoms with Gasteiger partial charge in [0.1, 0.15) is 5.75 Å². The van der Waals surface area contributed by atoms with E-state index in [4.69, 9.17) is 4.74 Å². The van der Waals surface area contributed by atoms with E-state index in [2.05, 4.69) is 4.74 Å². The van der Waals surface area contributed by atoms with E-state index < -0.39 is 0 Å². The largest absolute Gasteiger partial charge is 0.496 e. The smallest absolute Gasteiger partial charge is 0.305 e. The lowest BCUT2D eigenvalue weighted by Crippen LogP contribution is -2.02. The number of carbonyl (C=O) groups is 1. The number of benzene rings is 2. The molecule has 0 saturated heterocycles. The van der Waals surface area contributed by atoms with Crippen LogP contribution in [0.1, 0.15) is 12.0 Å². The first-order chi connectivity index (χ1) is 8.76. The van der Waals surface area contributed by atoms with Crippen molar-refractivity contribution >= 4 is 16.7 Å². The molecule has 3 heteroatoms. The predicted octanol–water partition coefficient (Wildman–Crippen LogP) is 2.95. The molecular weight excluding hydrogens is 228 g/mol. The van der Waals surface area contributed by atoms with Crippen molar-refractivity contribution in [2.24, 2.45) is 0 Å². The number of fused-ring (bicyclic) bond motifs is 1. The monoisotopic (exact) mass is 244 g/mol. The Morgan fingerprint density at radius 1 is 1.06 bits per heavy atom. The van der Waals surface area contributed by atoms with Crippen LogP contribution in [-0.4, -0.2) is 20.2 Å². The third-order valence-corrected chi connectivity index (χ3v) is 3.02. The van der Waals surface area contributed by atoms with Crippen LogP contribution < -0.4 is 4.74 Å². The normalized spacial score (nSPS) is 10.3. The van der Waals surface area contributed by atoms with Gasteiger partial charge in [0, 0.05) is 11.8 Å². The lowest BCUT2D eigenvalue weighted by molar-refractivity contribution is -0.140. The van der Waals surface area contributed by atoms with Crippen molar-refractivity contribution in [2.75, 3.05) is 14.2 Å². The van der Waals surface area contributed by atoms with E-state index in [9.17, 15) is 4.79 Å². The van der Waals surface area contributed by atoms with E-state index in [1.807, 2.05) is 36.4 Å². The fourth-order valence-corrected chi connectivity index (χ4v) is 2.07. The number of aryl methyl sites for hydroxylation is 1. The molecular formula is C15H16O3. The van der Waals surface area contributed by atoms with Crippen molar-refractivity contribution in [2.45, 2.75) is 12.8 Å². The summed E-state index contributed by atoms with van der Waals surface area (Å²) in [4.78, 5) is 11.2. The van der Waals surface area contributed by atoms with Gasteiger partial charge < -0.3 is 9.47 Å². The Morgan fingerprint density at radius 3 is 2.44 bits per heavy atom. The SMILES string of the molecule is COC(=O)CCc1ccc(OC)c2ccccc12. The number of rotatable bonds is 4. The Balaban J connectivity index is 2.37. The molecule has 0 aliphatic rings. The third kappa shape index (κ3) is 2.45. The van der Waals surface area contributed by atoms with Crippen molar-refractivity contribution in [1.29, 1.82) is 0 Å². The second-order valence-electron chi connectivity index (χ2n) is 4.05. The van der Waals surface area contributed by atoms with E-state index in [0.29, 0.717) is 12.8 Å². The van der Waals surface area contributed by atoms with Crippen LogP contribution in [0.5, 0.6) is 5.75 Å². The molecule has 0 N–H and O–H groups in total. The fraction of sp³-hybridized carbons (Fsp3) is 0.267. The molecule has 0 atom stereocenters. The molecule has 18 heavy (non-hydrogen) atoms. The van der Waals surface area contributed by atoms with Gasteiger partial charge in [-0.15, -0.1) is 0 Å². The molecule has 2 aromatic carbocycles. The van der Waals surface area contributed by atoms with Crippen LogP contribution in [0, 0.1) is 0 Å².